The third-order valence-corrected chi connectivity index (χ3v) is 2.95. The van der Waals surface area contributed by atoms with Crippen molar-refractivity contribution in [2.45, 2.75) is 27.2 Å². The van der Waals surface area contributed by atoms with Gasteiger partial charge >= 0.3 is 5.97 Å². The van der Waals surface area contributed by atoms with Crippen molar-refractivity contribution < 1.29 is 9.53 Å². The number of thiazole rings is 1. The van der Waals surface area contributed by atoms with E-state index in [2.05, 4.69) is 15.8 Å². The van der Waals surface area contributed by atoms with Crippen LogP contribution in [0.1, 0.15) is 25.3 Å². The molecule has 0 radical (unpaired) electrons. The second-order valence-corrected chi connectivity index (χ2v) is 4.59. The maximum absolute atomic E-state index is 10.2. The van der Waals surface area contributed by atoms with Gasteiger partial charge in [-0.05, 0) is 26.0 Å². The van der Waals surface area contributed by atoms with E-state index in [0.717, 1.165) is 10.5 Å². The number of ether oxygens (including phenoxy) is 1. The van der Waals surface area contributed by atoms with Gasteiger partial charge in [-0.15, -0.1) is 11.3 Å². The van der Waals surface area contributed by atoms with E-state index in [0.29, 0.717) is 13.0 Å². The highest BCUT2D eigenvalue weighted by Gasteiger charge is 1.95. The summed E-state index contributed by atoms with van der Waals surface area (Å²) in [6.07, 6.45) is 0.480. The Labute approximate surface area is 105 Å². The van der Waals surface area contributed by atoms with E-state index in [1.807, 2.05) is 25.1 Å². The normalized spacial score (nSPS) is 9.59. The summed E-state index contributed by atoms with van der Waals surface area (Å²) in [7, 11) is 0. The van der Waals surface area contributed by atoms with Crippen molar-refractivity contribution in [1.82, 2.24) is 4.98 Å². The molecule has 0 spiro atoms. The first-order chi connectivity index (χ1) is 8.17. The smallest absolute Gasteiger partial charge is 0.305 e. The van der Waals surface area contributed by atoms with Gasteiger partial charge in [0.25, 0.3) is 0 Å². The van der Waals surface area contributed by atoms with Crippen LogP contribution in [-0.4, -0.2) is 17.6 Å². The van der Waals surface area contributed by atoms with Crippen LogP contribution in [0, 0.1) is 6.92 Å². The predicted octanol–water partition coefficient (Wildman–Crippen LogP) is 3.56. The fraction of sp³-hybridized carbons (Fsp3) is 0.385. The first-order valence-electron chi connectivity index (χ1n) is 5.65. The van der Waals surface area contributed by atoms with Gasteiger partial charge in [0, 0.05) is 6.42 Å². The molecule has 0 aliphatic rings. The van der Waals surface area contributed by atoms with Crippen LogP contribution < -0.4 is 0 Å². The monoisotopic (exact) mass is 251 g/mol. The fourth-order valence-corrected chi connectivity index (χ4v) is 2.08. The van der Waals surface area contributed by atoms with E-state index in [4.69, 9.17) is 0 Å². The Bertz CT molecular complexity index is 446. The number of aryl methyl sites for hydroxylation is 1. The van der Waals surface area contributed by atoms with E-state index in [1.54, 1.807) is 25.2 Å². The van der Waals surface area contributed by atoms with Crippen molar-refractivity contribution in [3.63, 3.8) is 0 Å². The van der Waals surface area contributed by atoms with Crippen LogP contribution in [0.5, 0.6) is 0 Å². The molecule has 92 valence electrons. The number of nitrogens with zero attached hydrogens (tertiary/aromatic N) is 1. The number of carbonyl (C=O) groups is 1. The molecule has 0 fully saturated rings. The average molecular weight is 251 g/mol. The predicted molar refractivity (Wildman–Crippen MR) is 71.3 cm³/mol. The Morgan fingerprint density at radius 3 is 2.59 bits per heavy atom. The minimum Gasteiger partial charge on any atom is -0.466 e. The lowest BCUT2D eigenvalue weighted by atomic mass is 10.3. The maximum atomic E-state index is 10.2. The second kappa shape index (κ2) is 7.01. The number of aromatic nitrogens is 1. The summed E-state index contributed by atoms with van der Waals surface area (Å²) in [6, 6.07) is 8.19. The van der Waals surface area contributed by atoms with Gasteiger partial charge in [-0.25, -0.2) is 4.98 Å². The standard InChI is InChI=1S/C8H7NS.C5H10O2/c1-6-9-7-4-2-3-5-8(7)10-6;1-3-5(6)7-4-2/h2-5H,1H3;3-4H2,1-2H3. The van der Waals surface area contributed by atoms with Gasteiger partial charge in [0.1, 0.15) is 0 Å². The molecule has 1 aromatic heterocycles. The number of benzene rings is 1. The van der Waals surface area contributed by atoms with Gasteiger partial charge in [-0.2, -0.15) is 0 Å². The van der Waals surface area contributed by atoms with Gasteiger partial charge < -0.3 is 4.74 Å². The van der Waals surface area contributed by atoms with Crippen LogP contribution in [0.3, 0.4) is 0 Å². The first-order valence-corrected chi connectivity index (χ1v) is 6.46. The zero-order valence-electron chi connectivity index (χ0n) is 10.4. The number of esters is 1. The van der Waals surface area contributed by atoms with Crippen molar-refractivity contribution in [3.05, 3.63) is 29.3 Å². The molecular weight excluding hydrogens is 234 g/mol. The molecule has 4 heteroatoms. The Morgan fingerprint density at radius 2 is 2.06 bits per heavy atom. The molecule has 0 N–H and O–H groups in total. The number of hydrogen-bond acceptors (Lipinski definition) is 4. The largest absolute Gasteiger partial charge is 0.466 e. The van der Waals surface area contributed by atoms with Gasteiger partial charge in [0.2, 0.25) is 0 Å². The zero-order chi connectivity index (χ0) is 12.7. The summed E-state index contributed by atoms with van der Waals surface area (Å²) in [4.78, 5) is 14.5. The third-order valence-electron chi connectivity index (χ3n) is 1.99. The molecule has 0 aliphatic carbocycles. The van der Waals surface area contributed by atoms with Crippen LogP contribution in [-0.2, 0) is 9.53 Å². The molecule has 0 saturated carbocycles. The quantitative estimate of drug-likeness (QED) is 0.766. The van der Waals surface area contributed by atoms with E-state index in [1.165, 1.54) is 4.70 Å². The molecule has 17 heavy (non-hydrogen) atoms. The minimum atomic E-state index is -0.123. The molecule has 1 heterocycles. The lowest BCUT2D eigenvalue weighted by Crippen LogP contribution is -2.00. The number of rotatable bonds is 2. The Hall–Kier alpha value is -1.42. The lowest BCUT2D eigenvalue weighted by molar-refractivity contribution is -0.142. The lowest BCUT2D eigenvalue weighted by Gasteiger charge is -1.93. The minimum absolute atomic E-state index is 0.123. The SMILES string of the molecule is CCOC(=O)CC.Cc1nc2ccccc2s1. The van der Waals surface area contributed by atoms with Crippen molar-refractivity contribution in [3.8, 4) is 0 Å². The molecule has 3 nitrogen and oxygen atoms in total. The van der Waals surface area contributed by atoms with E-state index in [-0.39, 0.29) is 5.97 Å². The molecule has 0 bridgehead atoms. The summed E-state index contributed by atoms with van der Waals surface area (Å²) in [6.45, 7) is 6.10. The molecule has 2 rings (SSSR count). The van der Waals surface area contributed by atoms with E-state index >= 15 is 0 Å². The molecule has 2 aromatic rings. The summed E-state index contributed by atoms with van der Waals surface area (Å²) >= 11 is 1.74. The Balaban J connectivity index is 0.000000185. The molecule has 0 saturated heterocycles. The third kappa shape index (κ3) is 4.53. The highest BCUT2D eigenvalue weighted by Crippen LogP contribution is 2.19. The van der Waals surface area contributed by atoms with Crippen LogP contribution in [0.2, 0.25) is 0 Å². The highest BCUT2D eigenvalue weighted by molar-refractivity contribution is 7.18. The average Bonchev–Trinajstić information content (AvgIpc) is 2.70. The molecular formula is C13H17NO2S. The highest BCUT2D eigenvalue weighted by atomic mass is 32.1. The number of para-hydroxylation sites is 1. The van der Waals surface area contributed by atoms with Crippen molar-refractivity contribution in [2.24, 2.45) is 0 Å². The van der Waals surface area contributed by atoms with Gasteiger partial charge in [0.15, 0.2) is 0 Å². The van der Waals surface area contributed by atoms with Gasteiger partial charge in [-0.3, -0.25) is 4.79 Å². The van der Waals surface area contributed by atoms with Crippen LogP contribution in [0.4, 0.5) is 0 Å². The summed E-state index contributed by atoms with van der Waals surface area (Å²) in [5, 5.41) is 1.14. The van der Waals surface area contributed by atoms with Crippen LogP contribution >= 0.6 is 11.3 Å². The molecule has 0 amide bonds. The van der Waals surface area contributed by atoms with Gasteiger partial charge in [0.05, 0.1) is 21.8 Å². The number of fused-ring (bicyclic) bond motifs is 1. The summed E-state index contributed by atoms with van der Waals surface area (Å²) < 4.78 is 5.83. The summed E-state index contributed by atoms with van der Waals surface area (Å²) in [5.41, 5.74) is 1.12. The molecule has 0 unspecified atom stereocenters. The van der Waals surface area contributed by atoms with Crippen molar-refractivity contribution >= 4 is 27.5 Å². The first kappa shape index (κ1) is 13.6. The number of hydrogen-bond donors (Lipinski definition) is 0. The zero-order valence-corrected chi connectivity index (χ0v) is 11.2. The second-order valence-electron chi connectivity index (χ2n) is 3.36. The maximum Gasteiger partial charge on any atom is 0.305 e. The Morgan fingerprint density at radius 1 is 1.35 bits per heavy atom. The van der Waals surface area contributed by atoms with Gasteiger partial charge in [-0.1, -0.05) is 19.1 Å². The molecule has 0 aliphatic heterocycles. The fourth-order valence-electron chi connectivity index (χ4n) is 1.25. The van der Waals surface area contributed by atoms with Crippen molar-refractivity contribution in [2.75, 3.05) is 6.61 Å². The molecule has 1 aromatic carbocycles. The molecule has 0 atom stereocenters. The number of carbonyl (C=O) groups excluding carboxylic acids is 1. The summed E-state index contributed by atoms with van der Waals surface area (Å²) in [5.74, 6) is -0.123. The van der Waals surface area contributed by atoms with E-state index in [9.17, 15) is 4.79 Å². The Kier molecular flexibility index (Phi) is 5.63. The van der Waals surface area contributed by atoms with Crippen LogP contribution in [0.15, 0.2) is 24.3 Å². The van der Waals surface area contributed by atoms with Crippen molar-refractivity contribution in [1.29, 1.82) is 0 Å². The topological polar surface area (TPSA) is 39.2 Å². The van der Waals surface area contributed by atoms with E-state index < -0.39 is 0 Å². The van der Waals surface area contributed by atoms with Crippen LogP contribution in [0.25, 0.3) is 10.2 Å².